The lowest BCUT2D eigenvalue weighted by molar-refractivity contribution is -0.141. The standard InChI is InChI=1S/C18H23NO3/c1-12(2)17(20)22-18(21)14-6-7-15-11-19(16-4-3-5-16)9-8-13(15)10-14/h6-7,10,12,16H,3-5,8-9,11H2,1-2H3. The number of esters is 2. The molecule has 0 aromatic heterocycles. The summed E-state index contributed by atoms with van der Waals surface area (Å²) in [6.07, 6.45) is 4.95. The highest BCUT2D eigenvalue weighted by atomic mass is 16.6. The predicted molar refractivity (Wildman–Crippen MR) is 83.5 cm³/mol. The van der Waals surface area contributed by atoms with Crippen LogP contribution in [0, 0.1) is 5.92 Å². The number of carbonyl (C=O) groups is 2. The van der Waals surface area contributed by atoms with Gasteiger partial charge in [0.05, 0.1) is 11.5 Å². The van der Waals surface area contributed by atoms with Gasteiger partial charge >= 0.3 is 11.9 Å². The second-order valence-corrected chi connectivity index (χ2v) is 6.65. The quantitative estimate of drug-likeness (QED) is 0.636. The Hall–Kier alpha value is -1.68. The molecule has 22 heavy (non-hydrogen) atoms. The zero-order chi connectivity index (χ0) is 15.7. The molecule has 1 aliphatic heterocycles. The Morgan fingerprint density at radius 3 is 2.64 bits per heavy atom. The molecular weight excluding hydrogens is 278 g/mol. The first-order chi connectivity index (χ1) is 10.5. The van der Waals surface area contributed by atoms with Crippen molar-refractivity contribution in [2.24, 2.45) is 5.92 Å². The highest BCUT2D eigenvalue weighted by molar-refractivity contribution is 5.97. The van der Waals surface area contributed by atoms with Gasteiger partial charge in [0, 0.05) is 19.1 Å². The molecule has 1 heterocycles. The van der Waals surface area contributed by atoms with E-state index in [-0.39, 0.29) is 5.92 Å². The van der Waals surface area contributed by atoms with Gasteiger partial charge < -0.3 is 4.74 Å². The molecular formula is C18H23NO3. The number of carbonyl (C=O) groups excluding carboxylic acids is 2. The Balaban J connectivity index is 1.69. The molecule has 118 valence electrons. The zero-order valence-electron chi connectivity index (χ0n) is 13.3. The number of hydrogen-bond donors (Lipinski definition) is 0. The van der Waals surface area contributed by atoms with Crippen molar-refractivity contribution in [1.29, 1.82) is 0 Å². The summed E-state index contributed by atoms with van der Waals surface area (Å²) in [6.45, 7) is 5.47. The average molecular weight is 301 g/mol. The minimum absolute atomic E-state index is 0.294. The monoisotopic (exact) mass is 301 g/mol. The molecule has 4 heteroatoms. The van der Waals surface area contributed by atoms with Crippen LogP contribution in [-0.2, 0) is 22.5 Å². The Morgan fingerprint density at radius 1 is 1.23 bits per heavy atom. The predicted octanol–water partition coefficient (Wildman–Crippen LogP) is 2.94. The van der Waals surface area contributed by atoms with E-state index in [1.54, 1.807) is 19.9 Å². The van der Waals surface area contributed by atoms with Crippen LogP contribution in [-0.4, -0.2) is 29.4 Å². The third-order valence-electron chi connectivity index (χ3n) is 4.74. The summed E-state index contributed by atoms with van der Waals surface area (Å²) in [4.78, 5) is 26.1. The molecule has 0 N–H and O–H groups in total. The number of nitrogens with zero attached hydrogens (tertiary/aromatic N) is 1. The van der Waals surface area contributed by atoms with Crippen molar-refractivity contribution in [1.82, 2.24) is 4.90 Å². The molecule has 0 bridgehead atoms. The van der Waals surface area contributed by atoms with Crippen molar-refractivity contribution < 1.29 is 14.3 Å². The van der Waals surface area contributed by atoms with Crippen LogP contribution in [0.5, 0.6) is 0 Å². The lowest BCUT2D eigenvalue weighted by atomic mass is 9.88. The van der Waals surface area contributed by atoms with Crippen LogP contribution in [0.3, 0.4) is 0 Å². The fourth-order valence-corrected chi connectivity index (χ4v) is 3.03. The Bertz CT molecular complexity index is 590. The summed E-state index contributed by atoms with van der Waals surface area (Å²) < 4.78 is 4.89. The molecule has 1 aromatic rings. The summed E-state index contributed by atoms with van der Waals surface area (Å²) in [5.74, 6) is -1.31. The van der Waals surface area contributed by atoms with Gasteiger partial charge in [0.2, 0.25) is 0 Å². The van der Waals surface area contributed by atoms with Crippen LogP contribution in [0.1, 0.15) is 54.6 Å². The second-order valence-electron chi connectivity index (χ2n) is 6.65. The number of benzene rings is 1. The van der Waals surface area contributed by atoms with Crippen LogP contribution < -0.4 is 0 Å². The summed E-state index contributed by atoms with van der Waals surface area (Å²) in [7, 11) is 0. The first kappa shape index (κ1) is 15.2. The maximum absolute atomic E-state index is 12.0. The molecule has 0 saturated heterocycles. The maximum atomic E-state index is 12.0. The molecule has 0 radical (unpaired) electrons. The molecule has 0 unspecified atom stereocenters. The third kappa shape index (κ3) is 3.07. The van der Waals surface area contributed by atoms with Gasteiger partial charge in [-0.2, -0.15) is 0 Å². The first-order valence-corrected chi connectivity index (χ1v) is 8.16. The van der Waals surface area contributed by atoms with Crippen LogP contribution in [0.2, 0.25) is 0 Å². The topological polar surface area (TPSA) is 46.6 Å². The van der Waals surface area contributed by atoms with Crippen molar-refractivity contribution in [2.75, 3.05) is 6.54 Å². The van der Waals surface area contributed by atoms with Gasteiger partial charge in [-0.3, -0.25) is 9.69 Å². The third-order valence-corrected chi connectivity index (χ3v) is 4.74. The number of rotatable bonds is 3. The fraction of sp³-hybridized carbons (Fsp3) is 0.556. The molecule has 2 aliphatic rings. The molecule has 1 aliphatic carbocycles. The molecule has 1 saturated carbocycles. The molecule has 3 rings (SSSR count). The molecule has 1 aromatic carbocycles. The summed E-state index contributed by atoms with van der Waals surface area (Å²) in [5, 5.41) is 0. The van der Waals surface area contributed by atoms with E-state index >= 15 is 0 Å². The van der Waals surface area contributed by atoms with Crippen LogP contribution in [0.25, 0.3) is 0 Å². The smallest absolute Gasteiger partial charge is 0.345 e. The highest BCUT2D eigenvalue weighted by Crippen LogP contribution is 2.30. The normalized spacial score (nSPS) is 18.7. The lowest BCUT2D eigenvalue weighted by Crippen LogP contribution is -2.43. The minimum atomic E-state index is -0.539. The molecule has 0 spiro atoms. The van der Waals surface area contributed by atoms with Gasteiger partial charge in [-0.25, -0.2) is 4.79 Å². The molecule has 0 atom stereocenters. The first-order valence-electron chi connectivity index (χ1n) is 8.16. The SMILES string of the molecule is CC(C)C(=O)OC(=O)c1ccc2c(c1)CCN(C1CCC1)C2. The Labute approximate surface area is 131 Å². The number of hydrogen-bond acceptors (Lipinski definition) is 4. The Morgan fingerprint density at radius 2 is 2.00 bits per heavy atom. The van der Waals surface area contributed by atoms with Gasteiger partial charge in [0.15, 0.2) is 0 Å². The van der Waals surface area contributed by atoms with E-state index < -0.39 is 11.9 Å². The summed E-state index contributed by atoms with van der Waals surface area (Å²) in [5.41, 5.74) is 2.98. The van der Waals surface area contributed by atoms with Gasteiger partial charge in [-0.05, 0) is 42.5 Å². The lowest BCUT2D eigenvalue weighted by Gasteiger charge is -2.40. The molecule has 1 fully saturated rings. The fourth-order valence-electron chi connectivity index (χ4n) is 3.03. The van der Waals surface area contributed by atoms with Crippen molar-refractivity contribution in [2.45, 2.75) is 52.1 Å². The average Bonchev–Trinajstić information content (AvgIpc) is 2.44. The highest BCUT2D eigenvalue weighted by Gasteiger charge is 2.28. The van der Waals surface area contributed by atoms with E-state index in [9.17, 15) is 9.59 Å². The van der Waals surface area contributed by atoms with Gasteiger partial charge in [0.25, 0.3) is 0 Å². The van der Waals surface area contributed by atoms with E-state index in [0.717, 1.165) is 25.6 Å². The summed E-state index contributed by atoms with van der Waals surface area (Å²) >= 11 is 0. The molecule has 0 amide bonds. The van der Waals surface area contributed by atoms with Crippen molar-refractivity contribution in [3.8, 4) is 0 Å². The van der Waals surface area contributed by atoms with Crippen LogP contribution >= 0.6 is 0 Å². The number of ether oxygens (including phenoxy) is 1. The minimum Gasteiger partial charge on any atom is -0.389 e. The van der Waals surface area contributed by atoms with Crippen molar-refractivity contribution in [3.63, 3.8) is 0 Å². The van der Waals surface area contributed by atoms with Crippen LogP contribution in [0.15, 0.2) is 18.2 Å². The maximum Gasteiger partial charge on any atom is 0.345 e. The molecule has 4 nitrogen and oxygen atoms in total. The van der Waals surface area contributed by atoms with Gasteiger partial charge in [-0.1, -0.05) is 26.3 Å². The number of fused-ring (bicyclic) bond motifs is 1. The van der Waals surface area contributed by atoms with E-state index in [2.05, 4.69) is 4.90 Å². The largest absolute Gasteiger partial charge is 0.389 e. The van der Waals surface area contributed by atoms with Crippen LogP contribution in [0.4, 0.5) is 0 Å². The van der Waals surface area contributed by atoms with E-state index in [1.807, 2.05) is 12.1 Å². The summed E-state index contributed by atoms with van der Waals surface area (Å²) in [6, 6.07) is 6.43. The van der Waals surface area contributed by atoms with E-state index in [4.69, 9.17) is 4.74 Å². The van der Waals surface area contributed by atoms with E-state index in [0.29, 0.717) is 5.56 Å². The van der Waals surface area contributed by atoms with E-state index in [1.165, 1.54) is 30.4 Å². The van der Waals surface area contributed by atoms with Crippen molar-refractivity contribution >= 4 is 11.9 Å². The van der Waals surface area contributed by atoms with Gasteiger partial charge in [-0.15, -0.1) is 0 Å². The van der Waals surface area contributed by atoms with Crippen molar-refractivity contribution in [3.05, 3.63) is 34.9 Å². The zero-order valence-corrected chi connectivity index (χ0v) is 13.3. The van der Waals surface area contributed by atoms with Gasteiger partial charge in [0.1, 0.15) is 0 Å². The Kier molecular flexibility index (Phi) is 4.30. The second kappa shape index (κ2) is 6.21.